The van der Waals surface area contributed by atoms with Gasteiger partial charge in [-0.1, -0.05) is 14.9 Å². The minimum Gasteiger partial charge on any atom is -0.394 e. The van der Waals surface area contributed by atoms with Gasteiger partial charge in [0.05, 0.1) is 49.8 Å². The molecule has 0 saturated heterocycles. The van der Waals surface area contributed by atoms with Crippen LogP contribution in [0.1, 0.15) is 69.2 Å². The molecule has 13 heteroatoms. The first-order valence-corrected chi connectivity index (χ1v) is 15.7. The van der Waals surface area contributed by atoms with Gasteiger partial charge in [0.1, 0.15) is 0 Å². The van der Waals surface area contributed by atoms with Crippen molar-refractivity contribution in [2.45, 2.75) is 105 Å². The predicted octanol–water partition coefficient (Wildman–Crippen LogP) is 2.84. The summed E-state index contributed by atoms with van der Waals surface area (Å²) >= 11 is 0. The first-order valence-electron chi connectivity index (χ1n) is 11.8. The standard InChI is InChI=1S/C12H28O6Si.C10H24O5Si.2CH4/c1-12(2,3)18-19(15-4,16-5)9-6-11(14)10-17-8-7-13;1-10(2,3)15-16(13-4,14-5)7-6-9(12)8-11;;/h11,13-14H,6-10H2,1-5H3;9,11-12H,6-8H2,1-5H3;2*1H4. The van der Waals surface area contributed by atoms with Crippen molar-refractivity contribution in [1.82, 2.24) is 0 Å². The minimum absolute atomic E-state index is 0. The molecule has 11 nitrogen and oxygen atoms in total. The lowest BCUT2D eigenvalue weighted by atomic mass is 10.2. The van der Waals surface area contributed by atoms with Gasteiger partial charge in [-0.3, -0.25) is 0 Å². The summed E-state index contributed by atoms with van der Waals surface area (Å²) in [4.78, 5) is 0. The van der Waals surface area contributed by atoms with Crippen LogP contribution < -0.4 is 0 Å². The van der Waals surface area contributed by atoms with E-state index in [4.69, 9.17) is 41.5 Å². The first-order chi connectivity index (χ1) is 16.1. The van der Waals surface area contributed by atoms with Crippen molar-refractivity contribution in [3.8, 4) is 0 Å². The van der Waals surface area contributed by atoms with Crippen molar-refractivity contribution < 1.29 is 51.7 Å². The molecule has 0 spiro atoms. The highest BCUT2D eigenvalue weighted by molar-refractivity contribution is 6.61. The van der Waals surface area contributed by atoms with Crippen LogP contribution in [0.4, 0.5) is 0 Å². The summed E-state index contributed by atoms with van der Waals surface area (Å²) in [6.07, 6.45) is -0.497. The van der Waals surface area contributed by atoms with E-state index >= 15 is 0 Å². The average molecular weight is 581 g/mol. The summed E-state index contributed by atoms with van der Waals surface area (Å²) in [5, 5.41) is 36.4. The fraction of sp³-hybridized carbons (Fsp3) is 1.00. The molecule has 0 aromatic heterocycles. The second-order valence-corrected chi connectivity index (χ2v) is 15.8. The molecular formula is C24H60O11Si2. The monoisotopic (exact) mass is 580 g/mol. The van der Waals surface area contributed by atoms with Gasteiger partial charge >= 0.3 is 17.6 Å². The summed E-state index contributed by atoms with van der Waals surface area (Å²) in [5.41, 5.74) is -0.723. The van der Waals surface area contributed by atoms with Crippen LogP contribution in [0.15, 0.2) is 0 Å². The molecule has 0 aliphatic heterocycles. The molecule has 0 aliphatic carbocycles. The summed E-state index contributed by atoms with van der Waals surface area (Å²) in [5.74, 6) is 0. The van der Waals surface area contributed by atoms with Crippen molar-refractivity contribution in [3.63, 3.8) is 0 Å². The van der Waals surface area contributed by atoms with Gasteiger partial charge in [-0.2, -0.15) is 0 Å². The first kappa shape index (κ1) is 44.0. The van der Waals surface area contributed by atoms with Gasteiger partial charge in [0.15, 0.2) is 0 Å². The van der Waals surface area contributed by atoms with Crippen molar-refractivity contribution >= 4 is 17.6 Å². The lowest BCUT2D eigenvalue weighted by Gasteiger charge is -2.34. The molecule has 230 valence electrons. The summed E-state index contributed by atoms with van der Waals surface area (Å²) in [6.45, 7) is 11.7. The third-order valence-electron chi connectivity index (χ3n) is 4.49. The zero-order chi connectivity index (χ0) is 27.8. The van der Waals surface area contributed by atoms with Crippen LogP contribution in [0.5, 0.6) is 0 Å². The third kappa shape index (κ3) is 22.5. The lowest BCUT2D eigenvalue weighted by molar-refractivity contribution is 0.00233. The van der Waals surface area contributed by atoms with Crippen molar-refractivity contribution in [2.75, 3.05) is 54.9 Å². The Balaban J connectivity index is -0.000000283. The molecule has 37 heavy (non-hydrogen) atoms. The van der Waals surface area contributed by atoms with Gasteiger partial charge in [0, 0.05) is 40.5 Å². The van der Waals surface area contributed by atoms with Crippen molar-refractivity contribution in [3.05, 3.63) is 0 Å². The summed E-state index contributed by atoms with van der Waals surface area (Å²) < 4.78 is 38.4. The molecule has 0 saturated carbocycles. The Hall–Kier alpha value is -0.00623. The molecule has 0 aromatic carbocycles. The molecule has 0 aromatic rings. The van der Waals surface area contributed by atoms with Gasteiger partial charge in [-0.05, 0) is 54.4 Å². The van der Waals surface area contributed by atoms with E-state index in [1.807, 2.05) is 41.5 Å². The highest BCUT2D eigenvalue weighted by Gasteiger charge is 2.43. The van der Waals surface area contributed by atoms with E-state index in [9.17, 15) is 10.2 Å². The Morgan fingerprint density at radius 2 is 1.00 bits per heavy atom. The van der Waals surface area contributed by atoms with E-state index in [0.717, 1.165) is 0 Å². The van der Waals surface area contributed by atoms with Crippen molar-refractivity contribution in [1.29, 1.82) is 0 Å². The van der Waals surface area contributed by atoms with Gasteiger partial charge in [-0.25, -0.2) is 0 Å². The molecule has 2 unspecified atom stereocenters. The maximum atomic E-state index is 9.78. The highest BCUT2D eigenvalue weighted by atomic mass is 28.4. The normalized spacial score (nSPS) is 14.1. The van der Waals surface area contributed by atoms with Crippen LogP contribution >= 0.6 is 0 Å². The van der Waals surface area contributed by atoms with Crippen LogP contribution in [-0.4, -0.2) is 116 Å². The topological polar surface area (TPSA) is 146 Å². The molecule has 0 fully saturated rings. The molecule has 4 N–H and O–H groups in total. The Kier molecular flexibility index (Phi) is 25.9. The van der Waals surface area contributed by atoms with Gasteiger partial charge < -0.3 is 51.7 Å². The molecule has 0 heterocycles. The molecule has 0 rings (SSSR count). The second kappa shape index (κ2) is 21.8. The van der Waals surface area contributed by atoms with E-state index < -0.39 is 29.8 Å². The third-order valence-corrected chi connectivity index (χ3v) is 10.6. The molecule has 0 bridgehead atoms. The van der Waals surface area contributed by atoms with E-state index in [1.165, 1.54) is 0 Å². The van der Waals surface area contributed by atoms with Crippen LogP contribution in [0, 0.1) is 0 Å². The lowest BCUT2D eigenvalue weighted by Crippen LogP contribution is -2.49. The Morgan fingerprint density at radius 3 is 1.27 bits per heavy atom. The zero-order valence-corrected chi connectivity index (χ0v) is 25.5. The number of hydrogen-bond acceptors (Lipinski definition) is 11. The van der Waals surface area contributed by atoms with E-state index in [1.54, 1.807) is 28.4 Å². The molecular weight excluding hydrogens is 520 g/mol. The molecule has 0 amide bonds. The Morgan fingerprint density at radius 1 is 0.649 bits per heavy atom. The fourth-order valence-electron chi connectivity index (χ4n) is 2.92. The summed E-state index contributed by atoms with van der Waals surface area (Å²) in [7, 11) is 0.745. The largest absolute Gasteiger partial charge is 0.500 e. The minimum atomic E-state index is -2.75. The van der Waals surface area contributed by atoms with Crippen LogP contribution in [0.3, 0.4) is 0 Å². The molecule has 0 aliphatic rings. The average Bonchev–Trinajstić information content (AvgIpc) is 2.78. The quantitative estimate of drug-likeness (QED) is 0.149. The number of aliphatic hydroxyl groups is 4. The highest BCUT2D eigenvalue weighted by Crippen LogP contribution is 2.25. The maximum Gasteiger partial charge on any atom is 0.500 e. The molecule has 0 radical (unpaired) electrons. The van der Waals surface area contributed by atoms with E-state index in [0.29, 0.717) is 24.9 Å². The van der Waals surface area contributed by atoms with Crippen molar-refractivity contribution in [2.24, 2.45) is 0 Å². The SMILES string of the molecule is C.C.CO[Si](CCC(O)CO)(OC)OC(C)(C)C.CO[Si](CCC(O)COCCO)(OC)OC(C)(C)C. The molecule has 2 atom stereocenters. The van der Waals surface area contributed by atoms with Crippen LogP contribution in [0.25, 0.3) is 0 Å². The smallest absolute Gasteiger partial charge is 0.394 e. The van der Waals surface area contributed by atoms with E-state index in [2.05, 4.69) is 0 Å². The Labute approximate surface area is 229 Å². The predicted molar refractivity (Wildman–Crippen MR) is 151 cm³/mol. The van der Waals surface area contributed by atoms with Crippen LogP contribution in [0.2, 0.25) is 12.1 Å². The van der Waals surface area contributed by atoms with Gasteiger partial charge in [0.25, 0.3) is 0 Å². The second-order valence-electron chi connectivity index (χ2n) is 9.98. The maximum absolute atomic E-state index is 9.78. The number of rotatable bonds is 17. The number of hydrogen-bond donors (Lipinski definition) is 4. The number of ether oxygens (including phenoxy) is 1. The zero-order valence-electron chi connectivity index (χ0n) is 23.5. The van der Waals surface area contributed by atoms with Gasteiger partial charge in [0.2, 0.25) is 0 Å². The number of aliphatic hydroxyl groups excluding tert-OH is 4. The van der Waals surface area contributed by atoms with Gasteiger partial charge in [-0.15, -0.1) is 0 Å². The van der Waals surface area contributed by atoms with Crippen LogP contribution in [-0.2, 0) is 31.3 Å². The van der Waals surface area contributed by atoms with E-state index in [-0.39, 0.29) is 52.5 Å². The fourth-order valence-corrected chi connectivity index (χ4v) is 7.85. The summed E-state index contributed by atoms with van der Waals surface area (Å²) in [6, 6.07) is 1.000. The Bertz CT molecular complexity index is 506.